The smallest absolute Gasteiger partial charge is 0.319 e. The van der Waals surface area contributed by atoms with Gasteiger partial charge in [-0.3, -0.25) is 4.90 Å². The van der Waals surface area contributed by atoms with E-state index in [0.29, 0.717) is 6.54 Å². The Morgan fingerprint density at radius 3 is 2.65 bits per heavy atom. The van der Waals surface area contributed by atoms with Crippen LogP contribution in [-0.2, 0) is 16.7 Å². The highest BCUT2D eigenvalue weighted by Gasteiger charge is 2.35. The molecule has 1 aliphatic rings. The van der Waals surface area contributed by atoms with Gasteiger partial charge >= 0.3 is 6.03 Å². The van der Waals surface area contributed by atoms with E-state index in [4.69, 9.17) is 10.5 Å². The van der Waals surface area contributed by atoms with Crippen molar-refractivity contribution < 1.29 is 9.53 Å². The molecule has 5 nitrogen and oxygen atoms in total. The summed E-state index contributed by atoms with van der Waals surface area (Å²) < 4.78 is 5.20. The molecule has 31 heavy (non-hydrogen) atoms. The highest BCUT2D eigenvalue weighted by molar-refractivity contribution is 5.90. The van der Waals surface area contributed by atoms with Crippen LogP contribution in [0.2, 0.25) is 0 Å². The predicted molar refractivity (Wildman–Crippen MR) is 128 cm³/mol. The molecule has 2 amide bonds. The van der Waals surface area contributed by atoms with Crippen molar-refractivity contribution in [3.63, 3.8) is 0 Å². The van der Waals surface area contributed by atoms with Gasteiger partial charge in [0, 0.05) is 31.5 Å². The number of nitrogens with one attached hydrogen (secondary N) is 1. The van der Waals surface area contributed by atoms with Crippen LogP contribution in [0.3, 0.4) is 0 Å². The maximum atomic E-state index is 12.1. The van der Waals surface area contributed by atoms with Gasteiger partial charge in [-0.2, -0.15) is 0 Å². The summed E-state index contributed by atoms with van der Waals surface area (Å²) in [7, 11) is 1.75. The lowest BCUT2D eigenvalue weighted by Crippen LogP contribution is -2.46. The first-order valence-electron chi connectivity index (χ1n) is 11.5. The predicted octanol–water partition coefficient (Wildman–Crippen LogP) is 4.91. The van der Waals surface area contributed by atoms with Crippen molar-refractivity contribution >= 4 is 11.7 Å². The summed E-state index contributed by atoms with van der Waals surface area (Å²) in [6, 6.07) is 16.4. The van der Waals surface area contributed by atoms with E-state index in [2.05, 4.69) is 29.6 Å². The summed E-state index contributed by atoms with van der Waals surface area (Å²) >= 11 is 0. The van der Waals surface area contributed by atoms with Gasteiger partial charge in [-0.1, -0.05) is 42.0 Å². The molecule has 0 heterocycles. The lowest BCUT2D eigenvalue weighted by atomic mass is 9.73. The molecule has 0 fully saturated rings. The Labute approximate surface area is 187 Å². The number of primary amides is 1. The molecule has 0 aliphatic heterocycles. The fraction of sp³-hybridized carbons (Fsp3) is 0.500. The number of nitrogens with two attached hydrogens (primary N) is 1. The first-order chi connectivity index (χ1) is 15.1. The van der Waals surface area contributed by atoms with E-state index in [1.54, 1.807) is 12.0 Å². The number of aryl methyl sites for hydroxylation is 2. The number of carbonyl (C=O) groups is 1. The summed E-state index contributed by atoms with van der Waals surface area (Å²) in [4.78, 5) is 13.8. The molecule has 1 unspecified atom stereocenters. The fourth-order valence-electron chi connectivity index (χ4n) is 4.78. The Hall–Kier alpha value is -2.37. The van der Waals surface area contributed by atoms with Gasteiger partial charge in [0.15, 0.2) is 0 Å². The number of hydrogen-bond donors (Lipinski definition) is 2. The second kappa shape index (κ2) is 11.3. The fourth-order valence-corrected chi connectivity index (χ4v) is 4.78. The number of carbonyl (C=O) groups excluding carboxylic acids is 1. The second-order valence-corrected chi connectivity index (χ2v) is 8.65. The van der Waals surface area contributed by atoms with Crippen LogP contribution >= 0.6 is 0 Å². The van der Waals surface area contributed by atoms with Crippen molar-refractivity contribution in [1.82, 2.24) is 5.32 Å². The van der Waals surface area contributed by atoms with Gasteiger partial charge < -0.3 is 15.8 Å². The molecule has 1 aliphatic carbocycles. The molecule has 3 rings (SSSR count). The lowest BCUT2D eigenvalue weighted by Gasteiger charge is -2.41. The van der Waals surface area contributed by atoms with E-state index in [1.807, 2.05) is 31.2 Å². The molecule has 2 aromatic carbocycles. The topological polar surface area (TPSA) is 67.6 Å². The number of anilines is 1. The average Bonchev–Trinajstić information content (AvgIpc) is 2.77. The molecule has 0 saturated carbocycles. The van der Waals surface area contributed by atoms with Gasteiger partial charge in [-0.15, -0.1) is 0 Å². The molecule has 1 atom stereocenters. The minimum atomic E-state index is -0.394. The van der Waals surface area contributed by atoms with Crippen LogP contribution < -0.4 is 16.0 Å². The second-order valence-electron chi connectivity index (χ2n) is 8.65. The summed E-state index contributed by atoms with van der Waals surface area (Å²) in [6.07, 6.45) is 7.45. The maximum Gasteiger partial charge on any atom is 0.319 e. The quantitative estimate of drug-likeness (QED) is 0.505. The zero-order valence-corrected chi connectivity index (χ0v) is 19.0. The molecular weight excluding hydrogens is 386 g/mol. The monoisotopic (exact) mass is 423 g/mol. The molecule has 0 saturated heterocycles. The van der Waals surface area contributed by atoms with Crippen LogP contribution in [0.1, 0.15) is 55.2 Å². The number of nitrogens with zero attached hydrogens (tertiary/aromatic N) is 1. The van der Waals surface area contributed by atoms with Crippen molar-refractivity contribution in [1.29, 1.82) is 0 Å². The van der Waals surface area contributed by atoms with Crippen molar-refractivity contribution in [2.24, 2.45) is 5.73 Å². The third-order valence-electron chi connectivity index (χ3n) is 6.42. The van der Waals surface area contributed by atoms with Gasteiger partial charge in [0.1, 0.15) is 0 Å². The number of hydrogen-bond acceptors (Lipinski definition) is 3. The Kier molecular flexibility index (Phi) is 8.50. The zero-order chi connectivity index (χ0) is 22.1. The summed E-state index contributed by atoms with van der Waals surface area (Å²) in [6.45, 7) is 4.43. The lowest BCUT2D eigenvalue weighted by molar-refractivity contribution is 0.188. The first-order valence-corrected chi connectivity index (χ1v) is 11.5. The minimum absolute atomic E-state index is 0.0431. The van der Waals surface area contributed by atoms with Crippen molar-refractivity contribution in [2.45, 2.75) is 57.4 Å². The van der Waals surface area contributed by atoms with E-state index in [1.165, 1.54) is 23.1 Å². The molecule has 168 valence electrons. The van der Waals surface area contributed by atoms with Crippen LogP contribution in [0.5, 0.6) is 0 Å². The molecule has 5 heteroatoms. The van der Waals surface area contributed by atoms with Crippen molar-refractivity contribution in [3.05, 3.63) is 65.2 Å². The van der Waals surface area contributed by atoms with E-state index in [9.17, 15) is 4.79 Å². The third-order valence-corrected chi connectivity index (χ3v) is 6.42. The number of urea groups is 1. The molecular formula is C26H37N3O2. The standard InChI is InChI=1S/C26H37N3O2/c1-21-12-14-23(15-13-21)29(25(27)30)19-8-17-26(28-18-5-6-20-31-2)16-7-10-22-9-3-4-11-24(22)26/h3-4,9,11-15,28H,5-8,10,16-20H2,1-2H3,(H2,27,30). The Balaban J connectivity index is 1.71. The number of methoxy groups -OCH3 is 1. The Morgan fingerprint density at radius 1 is 1.13 bits per heavy atom. The Morgan fingerprint density at radius 2 is 1.90 bits per heavy atom. The van der Waals surface area contributed by atoms with Gasteiger partial charge in [-0.25, -0.2) is 4.79 Å². The van der Waals surface area contributed by atoms with Crippen LogP contribution in [-0.4, -0.2) is 32.8 Å². The molecule has 0 aromatic heterocycles. The molecule has 3 N–H and O–H groups in total. The van der Waals surface area contributed by atoms with E-state index < -0.39 is 6.03 Å². The van der Waals surface area contributed by atoms with Gasteiger partial charge in [-0.05, 0) is 81.7 Å². The highest BCUT2D eigenvalue weighted by Crippen LogP contribution is 2.39. The van der Waals surface area contributed by atoms with Crippen LogP contribution in [0.25, 0.3) is 0 Å². The summed E-state index contributed by atoms with van der Waals surface area (Å²) in [5.74, 6) is 0. The van der Waals surface area contributed by atoms with Crippen molar-refractivity contribution in [2.75, 3.05) is 31.7 Å². The molecule has 2 aromatic rings. The molecule has 0 bridgehead atoms. The highest BCUT2D eigenvalue weighted by atomic mass is 16.5. The normalized spacial score (nSPS) is 17.9. The maximum absolute atomic E-state index is 12.1. The van der Waals surface area contributed by atoms with E-state index in [0.717, 1.165) is 57.4 Å². The minimum Gasteiger partial charge on any atom is -0.385 e. The summed E-state index contributed by atoms with van der Waals surface area (Å²) in [5, 5.41) is 3.91. The van der Waals surface area contributed by atoms with Crippen LogP contribution in [0.15, 0.2) is 48.5 Å². The first kappa shape index (κ1) is 23.3. The number of unbranched alkanes of at least 4 members (excludes halogenated alkanes) is 1. The van der Waals surface area contributed by atoms with Crippen molar-refractivity contribution in [3.8, 4) is 0 Å². The largest absolute Gasteiger partial charge is 0.385 e. The van der Waals surface area contributed by atoms with Gasteiger partial charge in [0.25, 0.3) is 0 Å². The molecule has 0 radical (unpaired) electrons. The average molecular weight is 424 g/mol. The number of ether oxygens (including phenoxy) is 1. The third kappa shape index (κ3) is 6.08. The SMILES string of the molecule is COCCCCNC1(CCCN(C(N)=O)c2ccc(C)cc2)CCCc2ccccc21. The number of fused-ring (bicyclic) bond motifs is 1. The number of rotatable bonds is 11. The van der Waals surface area contributed by atoms with Crippen LogP contribution in [0, 0.1) is 6.92 Å². The Bertz CT molecular complexity index is 837. The van der Waals surface area contributed by atoms with E-state index in [-0.39, 0.29) is 5.54 Å². The number of benzene rings is 2. The van der Waals surface area contributed by atoms with Crippen LogP contribution in [0.4, 0.5) is 10.5 Å². The van der Waals surface area contributed by atoms with Gasteiger partial charge in [0.2, 0.25) is 0 Å². The summed E-state index contributed by atoms with van der Waals surface area (Å²) in [5.41, 5.74) is 10.6. The zero-order valence-electron chi connectivity index (χ0n) is 19.0. The number of amides is 2. The van der Waals surface area contributed by atoms with Gasteiger partial charge in [0.05, 0.1) is 0 Å². The molecule has 0 spiro atoms. The van der Waals surface area contributed by atoms with E-state index >= 15 is 0 Å².